The van der Waals surface area contributed by atoms with Crippen LogP contribution in [-0.2, 0) is 6.54 Å². The monoisotopic (exact) mass is 226 g/mol. The van der Waals surface area contributed by atoms with Crippen molar-refractivity contribution in [3.8, 4) is 6.07 Å². The average molecular weight is 226 g/mol. The van der Waals surface area contributed by atoms with Gasteiger partial charge in [-0.05, 0) is 24.6 Å². The number of aromatic nitrogens is 2. The van der Waals surface area contributed by atoms with Gasteiger partial charge in [-0.1, -0.05) is 12.1 Å². The zero-order valence-corrected chi connectivity index (χ0v) is 9.64. The molecule has 0 radical (unpaired) electrons. The van der Waals surface area contributed by atoms with Gasteiger partial charge < -0.3 is 10.3 Å². The van der Waals surface area contributed by atoms with Gasteiger partial charge in [0.05, 0.1) is 18.2 Å². The van der Waals surface area contributed by atoms with Crippen LogP contribution in [0.1, 0.15) is 29.9 Å². The van der Waals surface area contributed by atoms with Crippen LogP contribution in [0.3, 0.4) is 0 Å². The van der Waals surface area contributed by atoms with E-state index in [0.29, 0.717) is 12.1 Å². The molecule has 2 N–H and O–H groups in total. The molecule has 0 spiro atoms. The second-order valence-corrected chi connectivity index (χ2v) is 3.88. The lowest BCUT2D eigenvalue weighted by Gasteiger charge is -2.13. The molecule has 0 fully saturated rings. The van der Waals surface area contributed by atoms with Crippen molar-refractivity contribution in [1.29, 1.82) is 5.26 Å². The van der Waals surface area contributed by atoms with E-state index in [1.54, 1.807) is 12.4 Å². The summed E-state index contributed by atoms with van der Waals surface area (Å²) in [5.74, 6) is 0.910. The molecule has 2 rings (SSSR count). The molecule has 0 saturated heterocycles. The summed E-state index contributed by atoms with van der Waals surface area (Å²) in [7, 11) is 0. The quantitative estimate of drug-likeness (QED) is 0.839. The number of benzene rings is 1. The Morgan fingerprint density at radius 2 is 2.41 bits per heavy atom. The zero-order chi connectivity index (χ0) is 12.1. The lowest BCUT2D eigenvalue weighted by Crippen LogP contribution is -2.18. The van der Waals surface area contributed by atoms with E-state index in [4.69, 9.17) is 5.26 Å². The molecule has 0 bridgehead atoms. The number of nitrogens with zero attached hydrogens (tertiary/aromatic N) is 2. The van der Waals surface area contributed by atoms with Gasteiger partial charge in [0.25, 0.3) is 0 Å². The summed E-state index contributed by atoms with van der Waals surface area (Å²) in [6, 6.07) is 9.96. The molecule has 17 heavy (non-hydrogen) atoms. The van der Waals surface area contributed by atoms with Gasteiger partial charge in [0, 0.05) is 18.4 Å². The molecule has 4 nitrogen and oxygen atoms in total. The summed E-state index contributed by atoms with van der Waals surface area (Å²) in [6.45, 7) is 2.75. The Hall–Kier alpha value is -2.12. The van der Waals surface area contributed by atoms with Crippen LogP contribution in [0.5, 0.6) is 0 Å². The molecule has 1 atom stereocenters. The fourth-order valence-electron chi connectivity index (χ4n) is 1.64. The first kappa shape index (κ1) is 11.4. The van der Waals surface area contributed by atoms with Gasteiger partial charge >= 0.3 is 0 Å². The topological polar surface area (TPSA) is 64.5 Å². The molecule has 1 unspecified atom stereocenters. The first-order chi connectivity index (χ1) is 8.29. The normalized spacial score (nSPS) is 12.0. The second kappa shape index (κ2) is 5.28. The number of nitriles is 1. The van der Waals surface area contributed by atoms with Crippen LogP contribution in [-0.4, -0.2) is 9.97 Å². The number of hydrogen-bond acceptors (Lipinski definition) is 3. The predicted octanol–water partition coefficient (Wildman–Crippen LogP) is 2.13. The maximum atomic E-state index is 8.84. The Bertz CT molecular complexity index is 510. The lowest BCUT2D eigenvalue weighted by molar-refractivity contribution is 0.562. The van der Waals surface area contributed by atoms with E-state index in [1.165, 1.54) is 0 Å². The SMILES string of the molecule is CC(NCc1ncc[nH]1)c1cccc(C#N)c1. The number of hydrogen-bond donors (Lipinski definition) is 2. The third-order valence-corrected chi connectivity index (χ3v) is 2.65. The minimum Gasteiger partial charge on any atom is -0.348 e. The van der Waals surface area contributed by atoms with Crippen molar-refractivity contribution >= 4 is 0 Å². The second-order valence-electron chi connectivity index (χ2n) is 3.88. The zero-order valence-electron chi connectivity index (χ0n) is 9.64. The minimum atomic E-state index is 0.188. The van der Waals surface area contributed by atoms with E-state index < -0.39 is 0 Å². The van der Waals surface area contributed by atoms with Gasteiger partial charge in [-0.15, -0.1) is 0 Å². The van der Waals surface area contributed by atoms with E-state index in [2.05, 4.69) is 28.3 Å². The maximum absolute atomic E-state index is 8.84. The Labute approximate surface area is 100 Å². The average Bonchev–Trinajstić information content (AvgIpc) is 2.89. The van der Waals surface area contributed by atoms with Crippen molar-refractivity contribution in [2.24, 2.45) is 0 Å². The Morgan fingerprint density at radius 1 is 1.53 bits per heavy atom. The van der Waals surface area contributed by atoms with Crippen LogP contribution in [0.25, 0.3) is 0 Å². The molecule has 0 amide bonds. The van der Waals surface area contributed by atoms with Gasteiger partial charge in [-0.2, -0.15) is 5.26 Å². The van der Waals surface area contributed by atoms with Crippen LogP contribution in [0.4, 0.5) is 0 Å². The largest absolute Gasteiger partial charge is 0.348 e. The summed E-state index contributed by atoms with van der Waals surface area (Å²) in [6.07, 6.45) is 3.54. The molecule has 86 valence electrons. The predicted molar refractivity (Wildman–Crippen MR) is 65.0 cm³/mol. The first-order valence-electron chi connectivity index (χ1n) is 5.51. The molecule has 0 saturated carbocycles. The standard InChI is InChI=1S/C13H14N4/c1-10(17-9-13-15-5-6-16-13)12-4-2-3-11(7-12)8-14/h2-7,10,17H,9H2,1H3,(H,15,16). The molecular formula is C13H14N4. The van der Waals surface area contributed by atoms with Gasteiger partial charge in [0.2, 0.25) is 0 Å². The molecule has 0 aliphatic carbocycles. The van der Waals surface area contributed by atoms with Crippen molar-refractivity contribution in [3.63, 3.8) is 0 Å². The molecule has 1 aromatic carbocycles. The van der Waals surface area contributed by atoms with Crippen LogP contribution >= 0.6 is 0 Å². The maximum Gasteiger partial charge on any atom is 0.120 e. The highest BCUT2D eigenvalue weighted by molar-refractivity contribution is 5.34. The van der Waals surface area contributed by atoms with Crippen LogP contribution in [0.15, 0.2) is 36.7 Å². The molecule has 1 heterocycles. The minimum absolute atomic E-state index is 0.188. The molecule has 1 aromatic heterocycles. The highest BCUT2D eigenvalue weighted by Gasteiger charge is 2.06. The van der Waals surface area contributed by atoms with Gasteiger partial charge in [-0.3, -0.25) is 0 Å². The highest BCUT2D eigenvalue weighted by atomic mass is 15.0. The van der Waals surface area contributed by atoms with Crippen molar-refractivity contribution in [2.45, 2.75) is 19.5 Å². The summed E-state index contributed by atoms with van der Waals surface area (Å²) >= 11 is 0. The Kier molecular flexibility index (Phi) is 3.53. The van der Waals surface area contributed by atoms with E-state index >= 15 is 0 Å². The van der Waals surface area contributed by atoms with Crippen molar-refractivity contribution in [1.82, 2.24) is 15.3 Å². The Balaban J connectivity index is 1.99. The molecule has 0 aliphatic rings. The van der Waals surface area contributed by atoms with Crippen molar-refractivity contribution in [3.05, 3.63) is 53.6 Å². The summed E-state index contributed by atoms with van der Waals surface area (Å²) < 4.78 is 0. The third kappa shape index (κ3) is 2.92. The summed E-state index contributed by atoms with van der Waals surface area (Å²) in [5.41, 5.74) is 1.80. The van der Waals surface area contributed by atoms with Crippen LogP contribution in [0.2, 0.25) is 0 Å². The van der Waals surface area contributed by atoms with E-state index in [0.717, 1.165) is 11.4 Å². The van der Waals surface area contributed by atoms with Crippen molar-refractivity contribution < 1.29 is 0 Å². The third-order valence-electron chi connectivity index (χ3n) is 2.65. The number of H-pyrrole nitrogens is 1. The fourth-order valence-corrected chi connectivity index (χ4v) is 1.64. The molecule has 4 heteroatoms. The van der Waals surface area contributed by atoms with Crippen LogP contribution < -0.4 is 5.32 Å². The Morgan fingerprint density at radius 3 is 3.12 bits per heavy atom. The van der Waals surface area contributed by atoms with Gasteiger partial charge in [0.15, 0.2) is 0 Å². The highest BCUT2D eigenvalue weighted by Crippen LogP contribution is 2.14. The van der Waals surface area contributed by atoms with Gasteiger partial charge in [0.1, 0.15) is 5.82 Å². The van der Waals surface area contributed by atoms with Crippen LogP contribution in [0, 0.1) is 11.3 Å². The number of nitrogens with one attached hydrogen (secondary N) is 2. The smallest absolute Gasteiger partial charge is 0.120 e. The fraction of sp³-hybridized carbons (Fsp3) is 0.231. The van der Waals surface area contributed by atoms with E-state index in [1.807, 2.05) is 24.3 Å². The van der Waals surface area contributed by atoms with Gasteiger partial charge in [-0.25, -0.2) is 4.98 Å². The molecular weight excluding hydrogens is 212 g/mol. The number of rotatable bonds is 4. The first-order valence-corrected chi connectivity index (χ1v) is 5.51. The summed E-state index contributed by atoms with van der Waals surface area (Å²) in [4.78, 5) is 7.19. The number of aromatic amines is 1. The molecule has 2 aromatic rings. The molecule has 0 aliphatic heterocycles. The van der Waals surface area contributed by atoms with Crippen molar-refractivity contribution in [2.75, 3.05) is 0 Å². The lowest BCUT2D eigenvalue weighted by atomic mass is 10.1. The number of imidazole rings is 1. The summed E-state index contributed by atoms with van der Waals surface area (Å²) in [5, 5.41) is 12.2. The van der Waals surface area contributed by atoms with E-state index in [9.17, 15) is 0 Å². The van der Waals surface area contributed by atoms with E-state index in [-0.39, 0.29) is 6.04 Å².